The highest BCUT2D eigenvalue weighted by atomic mass is 16.3. The third-order valence-corrected chi connectivity index (χ3v) is 4.86. The summed E-state index contributed by atoms with van der Waals surface area (Å²) in [6.45, 7) is 0.708. The number of carbonyl (C=O) groups excluding carboxylic acids is 1. The molecular formula is C19H26N2O2. The molecule has 4 nitrogen and oxygen atoms in total. The molecule has 4 heteroatoms. The molecule has 0 radical (unpaired) electrons. The summed E-state index contributed by atoms with van der Waals surface area (Å²) in [5.41, 5.74) is 2.61. The number of amides is 2. The van der Waals surface area contributed by atoms with E-state index in [4.69, 9.17) is 0 Å². The van der Waals surface area contributed by atoms with E-state index in [2.05, 4.69) is 35.7 Å². The maximum absolute atomic E-state index is 12.8. The Kier molecular flexibility index (Phi) is 5.34. The Balaban J connectivity index is 1.73. The van der Waals surface area contributed by atoms with Crippen LogP contribution < -0.4 is 5.32 Å². The van der Waals surface area contributed by atoms with Crippen LogP contribution in [0.4, 0.5) is 4.79 Å². The molecule has 2 aliphatic rings. The van der Waals surface area contributed by atoms with E-state index in [9.17, 15) is 9.90 Å². The number of nitrogens with one attached hydrogen (secondary N) is 1. The van der Waals surface area contributed by atoms with Gasteiger partial charge in [-0.05, 0) is 49.7 Å². The van der Waals surface area contributed by atoms with E-state index in [1.807, 2.05) is 11.0 Å². The van der Waals surface area contributed by atoms with Crippen molar-refractivity contribution in [1.29, 1.82) is 0 Å². The Morgan fingerprint density at radius 1 is 1.30 bits per heavy atom. The van der Waals surface area contributed by atoms with Crippen LogP contribution in [0.2, 0.25) is 0 Å². The molecule has 0 saturated heterocycles. The molecule has 0 aromatic heterocycles. The smallest absolute Gasteiger partial charge is 0.318 e. The zero-order valence-corrected chi connectivity index (χ0v) is 13.6. The minimum Gasteiger partial charge on any atom is -0.396 e. The van der Waals surface area contributed by atoms with E-state index < -0.39 is 0 Å². The number of urea groups is 1. The van der Waals surface area contributed by atoms with Crippen molar-refractivity contribution >= 4 is 6.03 Å². The van der Waals surface area contributed by atoms with Gasteiger partial charge in [-0.25, -0.2) is 4.79 Å². The number of fused-ring (bicyclic) bond motifs is 1. The number of rotatable bonds is 5. The van der Waals surface area contributed by atoms with Gasteiger partial charge in [0.25, 0.3) is 0 Å². The fourth-order valence-corrected chi connectivity index (χ4v) is 3.67. The lowest BCUT2D eigenvalue weighted by Crippen LogP contribution is -2.46. The van der Waals surface area contributed by atoms with Crippen LogP contribution in [0.3, 0.4) is 0 Å². The summed E-state index contributed by atoms with van der Waals surface area (Å²) in [6, 6.07) is 8.66. The quantitative estimate of drug-likeness (QED) is 0.820. The molecule has 0 fully saturated rings. The number of carbonyl (C=O) groups is 1. The lowest BCUT2D eigenvalue weighted by molar-refractivity contribution is 0.162. The Bertz CT molecular complexity index is 570. The standard InChI is InChI=1S/C19H26N2O2/c22-14-6-13-21(19(23)20-16-8-2-1-3-9-16)18-12-11-15-7-4-5-10-17(15)18/h2,4-5,7-8,10,16,18,22H,1,3,6,9,11-14H2,(H,20,23). The fourth-order valence-electron chi connectivity index (χ4n) is 3.67. The summed E-state index contributed by atoms with van der Waals surface area (Å²) in [5, 5.41) is 12.3. The van der Waals surface area contributed by atoms with Gasteiger partial charge in [0.05, 0.1) is 6.04 Å². The lowest BCUT2D eigenvalue weighted by Gasteiger charge is -2.31. The SMILES string of the molecule is O=C(NC1C=CCCC1)N(CCCO)C1CCc2ccccc21. The minimum atomic E-state index is -0.00305. The molecule has 2 unspecified atom stereocenters. The summed E-state index contributed by atoms with van der Waals surface area (Å²) in [7, 11) is 0. The minimum absolute atomic E-state index is 0.00305. The Hall–Kier alpha value is -1.81. The van der Waals surface area contributed by atoms with Crippen LogP contribution in [0.5, 0.6) is 0 Å². The van der Waals surface area contributed by atoms with Crippen LogP contribution >= 0.6 is 0 Å². The largest absolute Gasteiger partial charge is 0.396 e. The summed E-state index contributed by atoms with van der Waals surface area (Å²) in [6.07, 6.45) is 10.1. The van der Waals surface area contributed by atoms with Crippen molar-refractivity contribution in [2.24, 2.45) is 0 Å². The van der Waals surface area contributed by atoms with Gasteiger partial charge in [0.1, 0.15) is 0 Å². The van der Waals surface area contributed by atoms with Gasteiger partial charge in [-0.2, -0.15) is 0 Å². The van der Waals surface area contributed by atoms with Crippen LogP contribution in [-0.2, 0) is 6.42 Å². The summed E-state index contributed by atoms with van der Waals surface area (Å²) in [4.78, 5) is 14.7. The zero-order chi connectivity index (χ0) is 16.1. The fraction of sp³-hybridized carbons (Fsp3) is 0.526. The molecule has 124 valence electrons. The predicted molar refractivity (Wildman–Crippen MR) is 91.2 cm³/mol. The van der Waals surface area contributed by atoms with E-state index in [0.717, 1.165) is 32.1 Å². The van der Waals surface area contributed by atoms with Gasteiger partial charge in [-0.15, -0.1) is 0 Å². The first-order valence-corrected chi connectivity index (χ1v) is 8.72. The molecule has 2 N–H and O–H groups in total. The zero-order valence-electron chi connectivity index (χ0n) is 13.6. The van der Waals surface area contributed by atoms with Crippen molar-refractivity contribution in [1.82, 2.24) is 10.2 Å². The second-order valence-corrected chi connectivity index (χ2v) is 6.44. The first-order chi connectivity index (χ1) is 11.3. The number of aliphatic hydroxyl groups excluding tert-OH is 1. The number of allylic oxidation sites excluding steroid dienone is 1. The number of hydrogen-bond acceptors (Lipinski definition) is 2. The van der Waals surface area contributed by atoms with Gasteiger partial charge in [0.2, 0.25) is 0 Å². The molecule has 0 aliphatic heterocycles. The third kappa shape index (κ3) is 3.75. The van der Waals surface area contributed by atoms with Crippen LogP contribution in [0.1, 0.15) is 49.3 Å². The first-order valence-electron chi connectivity index (χ1n) is 8.72. The normalized spacial score (nSPS) is 22.7. The van der Waals surface area contributed by atoms with Gasteiger partial charge in [0.15, 0.2) is 0 Å². The average molecular weight is 314 g/mol. The van der Waals surface area contributed by atoms with E-state index in [1.54, 1.807) is 0 Å². The second-order valence-electron chi connectivity index (χ2n) is 6.44. The molecule has 2 aliphatic carbocycles. The Morgan fingerprint density at radius 2 is 2.17 bits per heavy atom. The van der Waals surface area contributed by atoms with Crippen molar-refractivity contribution in [3.05, 3.63) is 47.5 Å². The number of aliphatic hydroxyl groups is 1. The second kappa shape index (κ2) is 7.64. The van der Waals surface area contributed by atoms with Gasteiger partial charge < -0.3 is 15.3 Å². The summed E-state index contributed by atoms with van der Waals surface area (Å²) in [5.74, 6) is 0. The molecule has 3 rings (SSSR count). The monoisotopic (exact) mass is 314 g/mol. The van der Waals surface area contributed by atoms with Gasteiger partial charge >= 0.3 is 6.03 Å². The molecule has 0 saturated carbocycles. The van der Waals surface area contributed by atoms with Gasteiger partial charge in [0, 0.05) is 19.2 Å². The number of nitrogens with zero attached hydrogens (tertiary/aromatic N) is 1. The van der Waals surface area contributed by atoms with E-state index in [-0.39, 0.29) is 24.7 Å². The first kappa shape index (κ1) is 16.1. The van der Waals surface area contributed by atoms with Crippen LogP contribution in [0, 0.1) is 0 Å². The molecule has 0 heterocycles. The van der Waals surface area contributed by atoms with Gasteiger partial charge in [-0.3, -0.25) is 0 Å². The highest BCUT2D eigenvalue weighted by Gasteiger charge is 2.31. The van der Waals surface area contributed by atoms with Crippen molar-refractivity contribution in [2.45, 2.75) is 50.6 Å². The van der Waals surface area contributed by atoms with Crippen LogP contribution in [0.15, 0.2) is 36.4 Å². The van der Waals surface area contributed by atoms with Crippen LogP contribution in [0.25, 0.3) is 0 Å². The van der Waals surface area contributed by atoms with E-state index in [0.29, 0.717) is 13.0 Å². The molecule has 0 bridgehead atoms. The summed E-state index contributed by atoms with van der Waals surface area (Å²) < 4.78 is 0. The van der Waals surface area contributed by atoms with E-state index in [1.165, 1.54) is 11.1 Å². The molecule has 2 amide bonds. The molecule has 1 aromatic rings. The highest BCUT2D eigenvalue weighted by molar-refractivity contribution is 5.75. The number of hydrogen-bond donors (Lipinski definition) is 2. The Morgan fingerprint density at radius 3 is 2.96 bits per heavy atom. The van der Waals surface area contributed by atoms with Crippen molar-refractivity contribution in [3.63, 3.8) is 0 Å². The predicted octanol–water partition coefficient (Wildman–Crippen LogP) is 3.18. The molecule has 2 atom stereocenters. The molecule has 1 aromatic carbocycles. The maximum atomic E-state index is 12.8. The molecule has 23 heavy (non-hydrogen) atoms. The summed E-state index contributed by atoms with van der Waals surface area (Å²) >= 11 is 0. The highest BCUT2D eigenvalue weighted by Crippen LogP contribution is 2.35. The average Bonchev–Trinajstić information content (AvgIpc) is 3.00. The maximum Gasteiger partial charge on any atom is 0.318 e. The van der Waals surface area contributed by atoms with E-state index >= 15 is 0 Å². The van der Waals surface area contributed by atoms with Crippen molar-refractivity contribution < 1.29 is 9.90 Å². The Labute approximate surface area is 138 Å². The van der Waals surface area contributed by atoms with Crippen molar-refractivity contribution in [2.75, 3.05) is 13.2 Å². The third-order valence-electron chi connectivity index (χ3n) is 4.86. The lowest BCUT2D eigenvalue weighted by atomic mass is 10.0. The van der Waals surface area contributed by atoms with Crippen LogP contribution in [-0.4, -0.2) is 35.2 Å². The van der Waals surface area contributed by atoms with Crippen molar-refractivity contribution in [3.8, 4) is 0 Å². The molecule has 0 spiro atoms. The topological polar surface area (TPSA) is 52.6 Å². The van der Waals surface area contributed by atoms with Gasteiger partial charge in [-0.1, -0.05) is 36.4 Å². The number of benzene rings is 1. The number of aryl methyl sites for hydroxylation is 1. The molecular weight excluding hydrogens is 288 g/mol.